The van der Waals surface area contributed by atoms with E-state index in [9.17, 15) is 9.90 Å². The average Bonchev–Trinajstić information content (AvgIpc) is 2.67. The lowest BCUT2D eigenvalue weighted by atomic mass is 9.94. The molecular formula is C11H12NO2-. The van der Waals surface area contributed by atoms with E-state index in [1.54, 1.807) is 0 Å². The molecule has 0 amide bonds. The molecular weight excluding hydrogens is 178 g/mol. The largest absolute Gasteiger partial charge is 0.550 e. The number of aliphatic carboxylic acids is 1. The molecule has 0 bridgehead atoms. The smallest absolute Gasteiger partial charge is 0.0464 e. The normalized spacial score (nSPS) is 26.3. The Morgan fingerprint density at radius 2 is 2.07 bits per heavy atom. The number of hydrogen-bond acceptors (Lipinski definition) is 3. The summed E-state index contributed by atoms with van der Waals surface area (Å²) in [5.74, 6) is -1.35. The Morgan fingerprint density at radius 1 is 1.36 bits per heavy atom. The topological polar surface area (TPSA) is 52.2 Å². The zero-order chi connectivity index (χ0) is 9.97. The molecule has 0 aliphatic carbocycles. The second-order valence-electron chi connectivity index (χ2n) is 3.56. The van der Waals surface area contributed by atoms with Crippen molar-refractivity contribution in [1.82, 2.24) is 5.32 Å². The van der Waals surface area contributed by atoms with Crippen LogP contribution in [0.3, 0.4) is 0 Å². The molecule has 2 rings (SSSR count). The molecule has 1 heterocycles. The van der Waals surface area contributed by atoms with Crippen molar-refractivity contribution < 1.29 is 9.90 Å². The molecule has 3 heteroatoms. The van der Waals surface area contributed by atoms with Crippen molar-refractivity contribution in [2.24, 2.45) is 5.92 Å². The third kappa shape index (κ3) is 1.63. The van der Waals surface area contributed by atoms with Gasteiger partial charge in [0.25, 0.3) is 0 Å². The van der Waals surface area contributed by atoms with Crippen LogP contribution in [0, 0.1) is 5.92 Å². The van der Waals surface area contributed by atoms with E-state index < -0.39 is 11.9 Å². The highest BCUT2D eigenvalue weighted by atomic mass is 16.4. The first kappa shape index (κ1) is 9.21. The average molecular weight is 190 g/mol. The van der Waals surface area contributed by atoms with E-state index in [1.165, 1.54) is 0 Å². The van der Waals surface area contributed by atoms with Crippen LogP contribution in [0.1, 0.15) is 18.0 Å². The van der Waals surface area contributed by atoms with Crippen molar-refractivity contribution in [3.63, 3.8) is 0 Å². The van der Waals surface area contributed by atoms with Gasteiger partial charge in [0.05, 0.1) is 0 Å². The van der Waals surface area contributed by atoms with Crippen LogP contribution in [0.15, 0.2) is 30.3 Å². The van der Waals surface area contributed by atoms with Gasteiger partial charge in [-0.05, 0) is 18.5 Å². The van der Waals surface area contributed by atoms with Gasteiger partial charge in [0.15, 0.2) is 0 Å². The third-order valence-electron chi connectivity index (χ3n) is 2.68. The molecule has 1 fully saturated rings. The van der Waals surface area contributed by atoms with Crippen LogP contribution in [-0.2, 0) is 4.79 Å². The molecule has 3 nitrogen and oxygen atoms in total. The second-order valence-corrected chi connectivity index (χ2v) is 3.56. The minimum Gasteiger partial charge on any atom is -0.550 e. The van der Waals surface area contributed by atoms with Crippen molar-refractivity contribution >= 4 is 5.97 Å². The first-order chi connectivity index (χ1) is 6.79. The van der Waals surface area contributed by atoms with Gasteiger partial charge in [-0.3, -0.25) is 0 Å². The summed E-state index contributed by atoms with van der Waals surface area (Å²) in [5.41, 5.74) is 1.03. The molecule has 1 aromatic rings. The predicted octanol–water partition coefficient (Wildman–Crippen LogP) is 0.0871. The number of carbonyl (C=O) groups excluding carboxylic acids is 1. The molecule has 2 atom stereocenters. The number of benzene rings is 1. The maximum atomic E-state index is 10.8. The van der Waals surface area contributed by atoms with Crippen molar-refractivity contribution in [2.75, 3.05) is 6.54 Å². The summed E-state index contributed by atoms with van der Waals surface area (Å²) in [7, 11) is 0. The van der Waals surface area contributed by atoms with E-state index in [-0.39, 0.29) is 6.04 Å². The Labute approximate surface area is 82.8 Å². The van der Waals surface area contributed by atoms with Gasteiger partial charge in [-0.15, -0.1) is 0 Å². The summed E-state index contributed by atoms with van der Waals surface area (Å²) in [6.45, 7) is 0.748. The molecule has 0 aromatic heterocycles. The minimum absolute atomic E-state index is 0.0822. The maximum absolute atomic E-state index is 10.8. The van der Waals surface area contributed by atoms with Gasteiger partial charge in [-0.25, -0.2) is 0 Å². The number of nitrogens with one attached hydrogen (secondary N) is 1. The van der Waals surface area contributed by atoms with Crippen LogP contribution in [0.2, 0.25) is 0 Å². The summed E-state index contributed by atoms with van der Waals surface area (Å²) in [6, 6.07) is 9.56. The van der Waals surface area contributed by atoms with Crippen LogP contribution in [0.5, 0.6) is 0 Å². The van der Waals surface area contributed by atoms with Crippen molar-refractivity contribution in [1.29, 1.82) is 0 Å². The van der Waals surface area contributed by atoms with Crippen LogP contribution >= 0.6 is 0 Å². The van der Waals surface area contributed by atoms with Crippen molar-refractivity contribution in [2.45, 2.75) is 12.5 Å². The Balaban J connectivity index is 2.22. The van der Waals surface area contributed by atoms with E-state index in [0.717, 1.165) is 12.1 Å². The summed E-state index contributed by atoms with van der Waals surface area (Å²) >= 11 is 0. The highest BCUT2D eigenvalue weighted by molar-refractivity contribution is 5.69. The Bertz CT molecular complexity index is 323. The SMILES string of the molecule is O=C([O-])C1CCNC1c1ccccc1. The highest BCUT2D eigenvalue weighted by Gasteiger charge is 2.28. The Hall–Kier alpha value is -1.35. The zero-order valence-corrected chi connectivity index (χ0v) is 7.77. The van der Waals surface area contributed by atoms with Gasteiger partial charge >= 0.3 is 0 Å². The fraction of sp³-hybridized carbons (Fsp3) is 0.364. The summed E-state index contributed by atoms with van der Waals surface area (Å²) in [4.78, 5) is 10.8. The molecule has 0 saturated carbocycles. The van der Waals surface area contributed by atoms with Gasteiger partial charge in [-0.2, -0.15) is 0 Å². The molecule has 1 aromatic carbocycles. The molecule has 1 saturated heterocycles. The summed E-state index contributed by atoms with van der Waals surface area (Å²) in [5, 5.41) is 14.0. The molecule has 0 radical (unpaired) electrons. The molecule has 0 spiro atoms. The van der Waals surface area contributed by atoms with Gasteiger partial charge in [0.1, 0.15) is 0 Å². The first-order valence-electron chi connectivity index (χ1n) is 4.78. The molecule has 1 aliphatic heterocycles. The van der Waals surface area contributed by atoms with Crippen LogP contribution in [-0.4, -0.2) is 12.5 Å². The highest BCUT2D eigenvalue weighted by Crippen LogP contribution is 2.28. The van der Waals surface area contributed by atoms with E-state index >= 15 is 0 Å². The predicted molar refractivity (Wildman–Crippen MR) is 50.3 cm³/mol. The van der Waals surface area contributed by atoms with Gasteiger partial charge in [0.2, 0.25) is 0 Å². The lowest BCUT2D eigenvalue weighted by Crippen LogP contribution is -2.34. The van der Waals surface area contributed by atoms with Gasteiger partial charge in [0, 0.05) is 17.9 Å². The quantitative estimate of drug-likeness (QED) is 0.719. The Morgan fingerprint density at radius 3 is 2.71 bits per heavy atom. The minimum atomic E-state index is -0.955. The number of rotatable bonds is 2. The first-order valence-corrected chi connectivity index (χ1v) is 4.78. The number of carbonyl (C=O) groups is 1. The number of hydrogen-bond donors (Lipinski definition) is 1. The molecule has 1 N–H and O–H groups in total. The van der Waals surface area contributed by atoms with Gasteiger partial charge in [-0.1, -0.05) is 30.3 Å². The molecule has 14 heavy (non-hydrogen) atoms. The maximum Gasteiger partial charge on any atom is 0.0464 e. The van der Waals surface area contributed by atoms with Crippen LogP contribution < -0.4 is 10.4 Å². The number of carboxylic acids is 1. The van der Waals surface area contributed by atoms with Crippen molar-refractivity contribution in [3.8, 4) is 0 Å². The third-order valence-corrected chi connectivity index (χ3v) is 2.68. The van der Waals surface area contributed by atoms with E-state index in [0.29, 0.717) is 6.42 Å². The van der Waals surface area contributed by atoms with Crippen LogP contribution in [0.4, 0.5) is 0 Å². The van der Waals surface area contributed by atoms with E-state index in [2.05, 4.69) is 5.32 Å². The standard InChI is InChI=1S/C11H13NO2/c13-11(14)9-6-7-12-10(9)8-4-2-1-3-5-8/h1-5,9-10,12H,6-7H2,(H,13,14)/p-1. The van der Waals surface area contributed by atoms with E-state index in [4.69, 9.17) is 0 Å². The van der Waals surface area contributed by atoms with Crippen LogP contribution in [0.25, 0.3) is 0 Å². The van der Waals surface area contributed by atoms with Gasteiger partial charge < -0.3 is 15.2 Å². The van der Waals surface area contributed by atoms with E-state index in [1.807, 2.05) is 30.3 Å². The second kappa shape index (κ2) is 3.80. The lowest BCUT2D eigenvalue weighted by molar-refractivity contribution is -0.311. The zero-order valence-electron chi connectivity index (χ0n) is 7.77. The lowest BCUT2D eigenvalue weighted by Gasteiger charge is -2.20. The Kier molecular flexibility index (Phi) is 2.50. The summed E-state index contributed by atoms with van der Waals surface area (Å²) in [6.07, 6.45) is 0.655. The molecule has 2 unspecified atom stereocenters. The molecule has 1 aliphatic rings. The summed E-state index contributed by atoms with van der Waals surface area (Å²) < 4.78 is 0. The fourth-order valence-electron chi connectivity index (χ4n) is 1.97. The molecule has 74 valence electrons. The van der Waals surface area contributed by atoms with Crippen molar-refractivity contribution in [3.05, 3.63) is 35.9 Å². The monoisotopic (exact) mass is 190 g/mol. The fourth-order valence-corrected chi connectivity index (χ4v) is 1.97. The number of carboxylic acid groups (broad SMARTS) is 1.